The van der Waals surface area contributed by atoms with Gasteiger partial charge in [0.2, 0.25) is 0 Å². The van der Waals surface area contributed by atoms with Gasteiger partial charge >= 0.3 is 0 Å². The summed E-state index contributed by atoms with van der Waals surface area (Å²) in [6.07, 6.45) is 2.81. The van der Waals surface area contributed by atoms with Gasteiger partial charge in [-0.25, -0.2) is 4.98 Å². The maximum atomic E-state index is 12.3. The lowest BCUT2D eigenvalue weighted by atomic mass is 10.2. The highest BCUT2D eigenvalue weighted by atomic mass is 35.5. The lowest BCUT2D eigenvalue weighted by molar-refractivity contribution is -0.137. The number of ether oxygens (including phenoxy) is 1. The first-order valence-electron chi connectivity index (χ1n) is 6.63. The van der Waals surface area contributed by atoms with E-state index in [0.717, 1.165) is 11.4 Å². The zero-order valence-corrected chi connectivity index (χ0v) is 13.0. The molecule has 0 saturated heterocycles. The lowest BCUT2D eigenvalue weighted by Gasteiger charge is -2.22. The van der Waals surface area contributed by atoms with Gasteiger partial charge in [-0.1, -0.05) is 11.6 Å². The predicted octanol–water partition coefficient (Wildman–Crippen LogP) is 2.80. The van der Waals surface area contributed by atoms with Crippen LogP contribution in [-0.4, -0.2) is 33.9 Å². The second kappa shape index (κ2) is 6.63. The molecule has 0 radical (unpaired) electrons. The Bertz CT molecular complexity index is 613. The number of imidazole rings is 1. The van der Waals surface area contributed by atoms with Crippen molar-refractivity contribution in [2.45, 2.75) is 26.5 Å². The number of halogens is 1. The molecule has 112 valence electrons. The zero-order valence-electron chi connectivity index (χ0n) is 12.3. The smallest absolute Gasteiger partial charge is 0.263 e. The fraction of sp³-hybridized carbons (Fsp3) is 0.333. The molecule has 0 aliphatic carbocycles. The number of benzene rings is 1. The molecule has 1 heterocycles. The maximum Gasteiger partial charge on any atom is 0.263 e. The molecule has 1 atom stereocenters. The number of carbonyl (C=O) groups is 1. The van der Waals surface area contributed by atoms with E-state index in [1.54, 1.807) is 49.5 Å². The van der Waals surface area contributed by atoms with Gasteiger partial charge in [0.05, 0.1) is 6.54 Å². The molecule has 0 aliphatic heterocycles. The van der Waals surface area contributed by atoms with Gasteiger partial charge in [-0.15, -0.1) is 0 Å². The average molecular weight is 308 g/mol. The fourth-order valence-electron chi connectivity index (χ4n) is 1.98. The van der Waals surface area contributed by atoms with Crippen LogP contribution in [0.25, 0.3) is 0 Å². The summed E-state index contributed by atoms with van der Waals surface area (Å²) in [5.74, 6) is 1.29. The molecule has 21 heavy (non-hydrogen) atoms. The van der Waals surface area contributed by atoms with Crippen molar-refractivity contribution in [1.29, 1.82) is 0 Å². The van der Waals surface area contributed by atoms with Gasteiger partial charge < -0.3 is 14.6 Å². The molecule has 0 saturated carbocycles. The van der Waals surface area contributed by atoms with Gasteiger partial charge in [-0.2, -0.15) is 0 Å². The third kappa shape index (κ3) is 3.98. The van der Waals surface area contributed by atoms with Gasteiger partial charge in [0, 0.05) is 24.5 Å². The minimum Gasteiger partial charge on any atom is -0.481 e. The molecule has 0 spiro atoms. The zero-order chi connectivity index (χ0) is 15.4. The van der Waals surface area contributed by atoms with Crippen molar-refractivity contribution in [3.63, 3.8) is 0 Å². The first-order valence-corrected chi connectivity index (χ1v) is 7.01. The molecule has 0 bridgehead atoms. The number of aromatic amines is 1. The molecule has 5 nitrogen and oxygen atoms in total. The number of carbonyl (C=O) groups excluding carboxylic acids is 1. The average Bonchev–Trinajstić information content (AvgIpc) is 2.93. The molecule has 1 unspecified atom stereocenters. The van der Waals surface area contributed by atoms with E-state index in [-0.39, 0.29) is 5.91 Å². The van der Waals surface area contributed by atoms with E-state index in [0.29, 0.717) is 17.3 Å². The van der Waals surface area contributed by atoms with Crippen LogP contribution in [0.15, 0.2) is 30.6 Å². The summed E-state index contributed by atoms with van der Waals surface area (Å²) in [5.41, 5.74) is 0.899. The molecule has 2 rings (SSSR count). The predicted molar refractivity (Wildman–Crippen MR) is 81.3 cm³/mol. The molecule has 2 aromatic rings. The van der Waals surface area contributed by atoms with E-state index in [9.17, 15) is 4.79 Å². The summed E-state index contributed by atoms with van der Waals surface area (Å²) in [7, 11) is 1.72. The summed E-state index contributed by atoms with van der Waals surface area (Å²) < 4.78 is 5.72. The lowest BCUT2D eigenvalue weighted by Crippen LogP contribution is -2.37. The van der Waals surface area contributed by atoms with Crippen molar-refractivity contribution in [2.24, 2.45) is 0 Å². The third-order valence-electron chi connectivity index (χ3n) is 3.11. The van der Waals surface area contributed by atoms with E-state index >= 15 is 0 Å². The van der Waals surface area contributed by atoms with Crippen LogP contribution in [-0.2, 0) is 11.3 Å². The number of H-pyrrole nitrogens is 1. The van der Waals surface area contributed by atoms with Crippen molar-refractivity contribution in [3.05, 3.63) is 47.0 Å². The van der Waals surface area contributed by atoms with Gasteiger partial charge in [0.1, 0.15) is 11.6 Å². The summed E-state index contributed by atoms with van der Waals surface area (Å²) in [5, 5.41) is 0.647. The Hall–Kier alpha value is -2.01. The van der Waals surface area contributed by atoms with Crippen LogP contribution in [0.4, 0.5) is 0 Å². The molecule has 1 aromatic heterocycles. The molecular formula is C15H18ClN3O2. The first-order chi connectivity index (χ1) is 9.97. The van der Waals surface area contributed by atoms with Crippen molar-refractivity contribution in [1.82, 2.24) is 14.9 Å². The topological polar surface area (TPSA) is 58.2 Å². The summed E-state index contributed by atoms with van der Waals surface area (Å²) >= 11 is 5.90. The number of hydrogen-bond acceptors (Lipinski definition) is 3. The second-order valence-corrected chi connectivity index (χ2v) is 5.34. The van der Waals surface area contributed by atoms with E-state index in [2.05, 4.69) is 9.97 Å². The highest BCUT2D eigenvalue weighted by Gasteiger charge is 2.20. The second-order valence-electron chi connectivity index (χ2n) is 4.90. The van der Waals surface area contributed by atoms with E-state index in [1.807, 2.05) is 6.92 Å². The van der Waals surface area contributed by atoms with Crippen LogP contribution in [0.5, 0.6) is 5.75 Å². The number of rotatable bonds is 5. The molecule has 1 N–H and O–H groups in total. The van der Waals surface area contributed by atoms with Gasteiger partial charge in [0.25, 0.3) is 5.91 Å². The Morgan fingerprint density at radius 2 is 2.29 bits per heavy atom. The number of aryl methyl sites for hydroxylation is 1. The van der Waals surface area contributed by atoms with E-state index in [4.69, 9.17) is 16.3 Å². The number of nitrogens with one attached hydrogen (secondary N) is 1. The van der Waals surface area contributed by atoms with E-state index < -0.39 is 6.10 Å². The molecule has 0 fully saturated rings. The highest BCUT2D eigenvalue weighted by Crippen LogP contribution is 2.23. The molecule has 1 aromatic carbocycles. The number of hydrogen-bond donors (Lipinski definition) is 1. The monoisotopic (exact) mass is 307 g/mol. The van der Waals surface area contributed by atoms with Crippen LogP contribution >= 0.6 is 11.6 Å². The van der Waals surface area contributed by atoms with Crippen molar-refractivity contribution in [2.75, 3.05) is 7.05 Å². The van der Waals surface area contributed by atoms with Gasteiger partial charge in [0.15, 0.2) is 6.10 Å². The molecule has 0 aliphatic rings. The highest BCUT2D eigenvalue weighted by molar-refractivity contribution is 6.30. The van der Waals surface area contributed by atoms with Crippen LogP contribution < -0.4 is 4.74 Å². The third-order valence-corrected chi connectivity index (χ3v) is 3.34. The summed E-state index contributed by atoms with van der Waals surface area (Å²) in [6.45, 7) is 4.04. The largest absolute Gasteiger partial charge is 0.481 e. The quantitative estimate of drug-likeness (QED) is 0.924. The standard InChI is InChI=1S/C15H18ClN3O2/c1-10-8-12(16)4-5-13(10)21-11(2)15(20)19(3)9-14-17-6-7-18-14/h4-8,11H,9H2,1-3H3,(H,17,18). The van der Waals surface area contributed by atoms with Crippen LogP contribution in [0.1, 0.15) is 18.3 Å². The number of aromatic nitrogens is 2. The summed E-state index contributed by atoms with van der Waals surface area (Å²) in [4.78, 5) is 20.9. The van der Waals surface area contributed by atoms with Crippen LogP contribution in [0, 0.1) is 6.92 Å². The molecule has 6 heteroatoms. The number of nitrogens with zero attached hydrogens (tertiary/aromatic N) is 2. The van der Waals surface area contributed by atoms with Gasteiger partial charge in [-0.3, -0.25) is 4.79 Å². The number of amides is 1. The minimum atomic E-state index is -0.579. The Labute approximate surface area is 128 Å². The normalized spacial score (nSPS) is 12.0. The summed E-state index contributed by atoms with van der Waals surface area (Å²) in [6, 6.07) is 5.32. The molecule has 1 amide bonds. The van der Waals surface area contributed by atoms with Crippen molar-refractivity contribution in [3.8, 4) is 5.75 Å². The van der Waals surface area contributed by atoms with Crippen molar-refractivity contribution >= 4 is 17.5 Å². The van der Waals surface area contributed by atoms with Crippen molar-refractivity contribution < 1.29 is 9.53 Å². The fourth-order valence-corrected chi connectivity index (χ4v) is 2.21. The van der Waals surface area contributed by atoms with Crippen LogP contribution in [0.3, 0.4) is 0 Å². The Kier molecular flexibility index (Phi) is 4.85. The SMILES string of the molecule is Cc1cc(Cl)ccc1OC(C)C(=O)N(C)Cc1ncc[nH]1. The Morgan fingerprint density at radius 1 is 1.52 bits per heavy atom. The Balaban J connectivity index is 1.98. The van der Waals surface area contributed by atoms with E-state index in [1.165, 1.54) is 0 Å². The molecular weight excluding hydrogens is 290 g/mol. The first kappa shape index (κ1) is 15.4. The minimum absolute atomic E-state index is 0.110. The Morgan fingerprint density at radius 3 is 2.90 bits per heavy atom. The maximum absolute atomic E-state index is 12.3. The van der Waals surface area contributed by atoms with Crippen LogP contribution in [0.2, 0.25) is 5.02 Å². The number of likely N-dealkylation sites (N-methyl/N-ethyl adjacent to an activating group) is 1. The van der Waals surface area contributed by atoms with Gasteiger partial charge in [-0.05, 0) is 37.6 Å².